The molecule has 1 amide bonds. The summed E-state index contributed by atoms with van der Waals surface area (Å²) < 4.78 is 13.3. The quantitative estimate of drug-likeness (QED) is 0.828. The van der Waals surface area contributed by atoms with Crippen molar-refractivity contribution in [3.05, 3.63) is 41.7 Å². The van der Waals surface area contributed by atoms with Crippen LogP contribution in [0.1, 0.15) is 12.0 Å². The molecule has 3 nitrogen and oxygen atoms in total. The molecule has 1 atom stereocenters. The fourth-order valence-electron chi connectivity index (χ4n) is 2.06. The van der Waals surface area contributed by atoms with E-state index in [1.807, 2.05) is 0 Å². The summed E-state index contributed by atoms with van der Waals surface area (Å²) in [7, 11) is 0. The van der Waals surface area contributed by atoms with Crippen molar-refractivity contribution in [3.63, 3.8) is 0 Å². The minimum absolute atomic E-state index is 0.112. The average molecular weight is 249 g/mol. The SMILES string of the molecule is O=C(C=Cc1ccccc1F)N1CCC(CO)C1. The van der Waals surface area contributed by atoms with E-state index in [9.17, 15) is 9.18 Å². The number of nitrogens with zero attached hydrogens (tertiary/aromatic N) is 1. The molecule has 18 heavy (non-hydrogen) atoms. The van der Waals surface area contributed by atoms with Gasteiger partial charge in [0.05, 0.1) is 0 Å². The summed E-state index contributed by atoms with van der Waals surface area (Å²) in [5, 5.41) is 9.00. The molecule has 0 aliphatic carbocycles. The summed E-state index contributed by atoms with van der Waals surface area (Å²) in [6.07, 6.45) is 3.71. The highest BCUT2D eigenvalue weighted by atomic mass is 19.1. The molecule has 1 N–H and O–H groups in total. The van der Waals surface area contributed by atoms with Gasteiger partial charge in [-0.1, -0.05) is 18.2 Å². The zero-order valence-corrected chi connectivity index (χ0v) is 10.1. The first-order valence-corrected chi connectivity index (χ1v) is 6.03. The third-order valence-electron chi connectivity index (χ3n) is 3.17. The molecular formula is C14H16FNO2. The van der Waals surface area contributed by atoms with Gasteiger partial charge >= 0.3 is 0 Å². The van der Waals surface area contributed by atoms with E-state index in [1.54, 1.807) is 23.1 Å². The van der Waals surface area contributed by atoms with Crippen LogP contribution < -0.4 is 0 Å². The molecule has 1 aliphatic rings. The van der Waals surface area contributed by atoms with Crippen LogP contribution in [0.5, 0.6) is 0 Å². The Morgan fingerprint density at radius 2 is 2.28 bits per heavy atom. The number of likely N-dealkylation sites (tertiary alicyclic amines) is 1. The third-order valence-corrected chi connectivity index (χ3v) is 3.17. The summed E-state index contributed by atoms with van der Waals surface area (Å²) in [4.78, 5) is 13.5. The Balaban J connectivity index is 1.98. The van der Waals surface area contributed by atoms with Gasteiger partial charge in [-0.15, -0.1) is 0 Å². The Labute approximate surface area is 106 Å². The first kappa shape index (κ1) is 12.8. The summed E-state index contributed by atoms with van der Waals surface area (Å²) in [5.41, 5.74) is 0.406. The molecule has 1 saturated heterocycles. The highest BCUT2D eigenvalue weighted by Gasteiger charge is 2.24. The van der Waals surface area contributed by atoms with Crippen molar-refractivity contribution in [2.24, 2.45) is 5.92 Å². The van der Waals surface area contributed by atoms with Crippen LogP contribution >= 0.6 is 0 Å². The van der Waals surface area contributed by atoms with Gasteiger partial charge in [0.2, 0.25) is 5.91 Å². The number of carbonyl (C=O) groups is 1. The maximum Gasteiger partial charge on any atom is 0.246 e. The van der Waals surface area contributed by atoms with Crippen LogP contribution in [0, 0.1) is 11.7 Å². The standard InChI is InChI=1S/C14H16FNO2/c15-13-4-2-1-3-12(13)5-6-14(18)16-8-7-11(9-16)10-17/h1-6,11,17H,7-10H2. The normalized spacial score (nSPS) is 19.7. The van der Waals surface area contributed by atoms with Gasteiger partial charge in [-0.25, -0.2) is 4.39 Å². The van der Waals surface area contributed by atoms with Crippen molar-refractivity contribution in [1.29, 1.82) is 0 Å². The lowest BCUT2D eigenvalue weighted by molar-refractivity contribution is -0.125. The topological polar surface area (TPSA) is 40.5 Å². The largest absolute Gasteiger partial charge is 0.396 e. The summed E-state index contributed by atoms with van der Waals surface area (Å²) in [6.45, 7) is 1.35. The molecule has 1 aromatic carbocycles. The van der Waals surface area contributed by atoms with E-state index < -0.39 is 0 Å². The van der Waals surface area contributed by atoms with E-state index in [-0.39, 0.29) is 24.2 Å². The van der Waals surface area contributed by atoms with Crippen LogP contribution in [0.2, 0.25) is 0 Å². The minimum Gasteiger partial charge on any atom is -0.396 e. The van der Waals surface area contributed by atoms with Gasteiger partial charge in [0.25, 0.3) is 0 Å². The number of carbonyl (C=O) groups excluding carboxylic acids is 1. The number of aliphatic hydroxyl groups excluding tert-OH is 1. The number of halogens is 1. The predicted molar refractivity (Wildman–Crippen MR) is 67.2 cm³/mol. The third kappa shape index (κ3) is 2.96. The second-order valence-electron chi connectivity index (χ2n) is 4.48. The molecule has 0 aromatic heterocycles. The number of hydrogen-bond donors (Lipinski definition) is 1. The Morgan fingerprint density at radius 3 is 2.94 bits per heavy atom. The highest BCUT2D eigenvalue weighted by Crippen LogP contribution is 2.16. The van der Waals surface area contributed by atoms with E-state index in [2.05, 4.69) is 0 Å². The summed E-state index contributed by atoms with van der Waals surface area (Å²) in [6, 6.07) is 6.33. The molecule has 0 bridgehead atoms. The maximum absolute atomic E-state index is 13.3. The second kappa shape index (κ2) is 5.78. The Morgan fingerprint density at radius 1 is 1.50 bits per heavy atom. The molecule has 0 spiro atoms. The van der Waals surface area contributed by atoms with E-state index in [1.165, 1.54) is 18.2 Å². The smallest absolute Gasteiger partial charge is 0.246 e. The summed E-state index contributed by atoms with van der Waals surface area (Å²) >= 11 is 0. The Kier molecular flexibility index (Phi) is 4.10. The number of aliphatic hydroxyl groups is 1. The second-order valence-corrected chi connectivity index (χ2v) is 4.48. The molecular weight excluding hydrogens is 233 g/mol. The monoisotopic (exact) mass is 249 g/mol. The molecule has 0 saturated carbocycles. The van der Waals surface area contributed by atoms with E-state index in [4.69, 9.17) is 5.11 Å². The van der Waals surface area contributed by atoms with E-state index >= 15 is 0 Å². The lowest BCUT2D eigenvalue weighted by Gasteiger charge is -2.13. The van der Waals surface area contributed by atoms with Gasteiger partial charge in [-0.3, -0.25) is 4.79 Å². The number of amides is 1. The fourth-order valence-corrected chi connectivity index (χ4v) is 2.06. The first-order valence-electron chi connectivity index (χ1n) is 6.03. The van der Waals surface area contributed by atoms with Crippen molar-refractivity contribution in [1.82, 2.24) is 4.90 Å². The molecule has 0 radical (unpaired) electrons. The van der Waals surface area contributed by atoms with Crippen LogP contribution in [0.15, 0.2) is 30.3 Å². The fraction of sp³-hybridized carbons (Fsp3) is 0.357. The van der Waals surface area contributed by atoms with Gasteiger partial charge in [0.15, 0.2) is 0 Å². The van der Waals surface area contributed by atoms with Crippen LogP contribution in [0.3, 0.4) is 0 Å². The molecule has 1 aromatic rings. The zero-order chi connectivity index (χ0) is 13.0. The van der Waals surface area contributed by atoms with Gasteiger partial charge in [0.1, 0.15) is 5.82 Å². The Hall–Kier alpha value is -1.68. The molecule has 1 fully saturated rings. The van der Waals surface area contributed by atoms with Gasteiger partial charge in [-0.05, 0) is 18.6 Å². The van der Waals surface area contributed by atoms with Crippen molar-refractivity contribution in [2.45, 2.75) is 6.42 Å². The first-order chi connectivity index (χ1) is 8.70. The van der Waals surface area contributed by atoms with Gasteiger partial charge < -0.3 is 10.0 Å². The molecule has 1 heterocycles. The number of benzene rings is 1. The number of rotatable bonds is 3. The molecule has 96 valence electrons. The molecule has 2 rings (SSSR count). The van der Waals surface area contributed by atoms with Crippen molar-refractivity contribution in [2.75, 3.05) is 19.7 Å². The van der Waals surface area contributed by atoms with Crippen LogP contribution in [-0.4, -0.2) is 35.6 Å². The minimum atomic E-state index is -0.337. The maximum atomic E-state index is 13.3. The lowest BCUT2D eigenvalue weighted by Crippen LogP contribution is -2.27. The van der Waals surface area contributed by atoms with Gasteiger partial charge in [0, 0.05) is 37.3 Å². The van der Waals surface area contributed by atoms with Crippen molar-refractivity contribution in [3.8, 4) is 0 Å². The van der Waals surface area contributed by atoms with E-state index in [0.29, 0.717) is 18.7 Å². The average Bonchev–Trinajstić information content (AvgIpc) is 2.86. The van der Waals surface area contributed by atoms with Crippen LogP contribution in [0.25, 0.3) is 6.08 Å². The van der Waals surface area contributed by atoms with Crippen LogP contribution in [0.4, 0.5) is 4.39 Å². The molecule has 1 aliphatic heterocycles. The van der Waals surface area contributed by atoms with Crippen molar-refractivity contribution < 1.29 is 14.3 Å². The van der Waals surface area contributed by atoms with E-state index in [0.717, 1.165) is 6.42 Å². The number of hydrogen-bond acceptors (Lipinski definition) is 2. The molecule has 1 unspecified atom stereocenters. The zero-order valence-electron chi connectivity index (χ0n) is 10.1. The molecule has 4 heteroatoms. The summed E-state index contributed by atoms with van der Waals surface area (Å²) in [5.74, 6) is -0.291. The lowest BCUT2D eigenvalue weighted by atomic mass is 10.1. The highest BCUT2D eigenvalue weighted by molar-refractivity contribution is 5.92. The predicted octanol–water partition coefficient (Wildman–Crippen LogP) is 1.68. The Bertz CT molecular complexity index is 459. The van der Waals surface area contributed by atoms with Crippen molar-refractivity contribution >= 4 is 12.0 Å². The van der Waals surface area contributed by atoms with Gasteiger partial charge in [-0.2, -0.15) is 0 Å². The van der Waals surface area contributed by atoms with Crippen LogP contribution in [-0.2, 0) is 4.79 Å².